The summed E-state index contributed by atoms with van der Waals surface area (Å²) < 4.78 is 30.4. The number of nitrogens with one attached hydrogen (secondary N) is 2. The summed E-state index contributed by atoms with van der Waals surface area (Å²) in [6, 6.07) is 7.62. The SMILES string of the molecule is CS(=O)(=O)NCCNCCOc1cccc(Br)c1. The first-order valence-corrected chi connectivity index (χ1v) is 8.19. The van der Waals surface area contributed by atoms with E-state index in [9.17, 15) is 8.42 Å². The Hall–Kier alpha value is -0.630. The van der Waals surface area contributed by atoms with Gasteiger partial charge >= 0.3 is 0 Å². The minimum atomic E-state index is -3.09. The molecule has 2 N–H and O–H groups in total. The van der Waals surface area contributed by atoms with Crippen LogP contribution in [0.3, 0.4) is 0 Å². The molecule has 0 atom stereocenters. The number of benzene rings is 1. The highest BCUT2D eigenvalue weighted by molar-refractivity contribution is 9.10. The molecule has 7 heteroatoms. The van der Waals surface area contributed by atoms with Crippen molar-refractivity contribution < 1.29 is 13.2 Å². The largest absolute Gasteiger partial charge is 0.492 e. The molecule has 0 heterocycles. The van der Waals surface area contributed by atoms with Crippen molar-refractivity contribution in [1.29, 1.82) is 0 Å². The van der Waals surface area contributed by atoms with Gasteiger partial charge < -0.3 is 10.1 Å². The van der Waals surface area contributed by atoms with Crippen LogP contribution in [-0.2, 0) is 10.0 Å². The summed E-state index contributed by atoms with van der Waals surface area (Å²) in [7, 11) is -3.09. The third-order valence-corrected chi connectivity index (χ3v) is 3.23. The molecule has 0 unspecified atom stereocenters. The van der Waals surface area contributed by atoms with E-state index in [0.717, 1.165) is 16.5 Å². The molecule has 18 heavy (non-hydrogen) atoms. The van der Waals surface area contributed by atoms with Crippen molar-refractivity contribution in [2.75, 3.05) is 32.5 Å². The van der Waals surface area contributed by atoms with Crippen molar-refractivity contribution in [3.8, 4) is 5.75 Å². The number of sulfonamides is 1. The maximum Gasteiger partial charge on any atom is 0.208 e. The van der Waals surface area contributed by atoms with E-state index in [4.69, 9.17) is 4.74 Å². The van der Waals surface area contributed by atoms with Crippen molar-refractivity contribution in [3.63, 3.8) is 0 Å². The van der Waals surface area contributed by atoms with E-state index in [-0.39, 0.29) is 0 Å². The molecule has 102 valence electrons. The second kappa shape index (κ2) is 7.73. The molecule has 0 bridgehead atoms. The lowest BCUT2D eigenvalue weighted by Gasteiger charge is -2.08. The normalized spacial score (nSPS) is 11.4. The van der Waals surface area contributed by atoms with E-state index in [1.807, 2.05) is 24.3 Å². The average molecular weight is 337 g/mol. The Morgan fingerprint density at radius 2 is 2.06 bits per heavy atom. The predicted molar refractivity (Wildman–Crippen MR) is 75.4 cm³/mol. The van der Waals surface area contributed by atoms with E-state index in [0.29, 0.717) is 26.2 Å². The van der Waals surface area contributed by atoms with Crippen LogP contribution in [0.25, 0.3) is 0 Å². The maximum absolute atomic E-state index is 10.8. The first-order valence-electron chi connectivity index (χ1n) is 5.51. The minimum absolute atomic E-state index is 0.385. The Balaban J connectivity index is 2.06. The summed E-state index contributed by atoms with van der Waals surface area (Å²) in [5.74, 6) is 0.806. The number of ether oxygens (including phenoxy) is 1. The number of hydrogen-bond acceptors (Lipinski definition) is 4. The van der Waals surface area contributed by atoms with E-state index < -0.39 is 10.0 Å². The zero-order chi connectivity index (χ0) is 13.4. The molecule has 1 aromatic rings. The molecule has 0 aliphatic carbocycles. The maximum atomic E-state index is 10.8. The van der Waals surface area contributed by atoms with Gasteiger partial charge in [0.05, 0.1) is 6.26 Å². The molecule has 0 aliphatic rings. The van der Waals surface area contributed by atoms with Crippen LogP contribution in [0.1, 0.15) is 0 Å². The number of halogens is 1. The van der Waals surface area contributed by atoms with Crippen LogP contribution in [0, 0.1) is 0 Å². The fourth-order valence-corrected chi connectivity index (χ4v) is 2.10. The van der Waals surface area contributed by atoms with Gasteiger partial charge in [0.2, 0.25) is 10.0 Å². The van der Waals surface area contributed by atoms with E-state index >= 15 is 0 Å². The summed E-state index contributed by atoms with van der Waals surface area (Å²) in [4.78, 5) is 0. The lowest BCUT2D eigenvalue weighted by molar-refractivity contribution is 0.314. The summed E-state index contributed by atoms with van der Waals surface area (Å²) in [5.41, 5.74) is 0. The van der Waals surface area contributed by atoms with Crippen LogP contribution in [0.5, 0.6) is 5.75 Å². The van der Waals surface area contributed by atoms with E-state index in [1.165, 1.54) is 0 Å². The van der Waals surface area contributed by atoms with Gasteiger partial charge in [-0.05, 0) is 18.2 Å². The van der Waals surface area contributed by atoms with Crippen molar-refractivity contribution in [3.05, 3.63) is 28.7 Å². The Morgan fingerprint density at radius 3 is 2.72 bits per heavy atom. The van der Waals surface area contributed by atoms with Gasteiger partial charge in [0.1, 0.15) is 12.4 Å². The average Bonchev–Trinajstić information content (AvgIpc) is 2.26. The molecule has 0 saturated heterocycles. The molecule has 0 aliphatic heterocycles. The van der Waals surface area contributed by atoms with E-state index in [2.05, 4.69) is 26.0 Å². The zero-order valence-electron chi connectivity index (χ0n) is 10.1. The van der Waals surface area contributed by atoms with Crippen LogP contribution in [0.15, 0.2) is 28.7 Å². The molecule has 0 amide bonds. The molecule has 0 spiro atoms. The van der Waals surface area contributed by atoms with Crippen molar-refractivity contribution in [1.82, 2.24) is 10.0 Å². The summed E-state index contributed by atoms with van der Waals surface area (Å²) >= 11 is 3.36. The molecule has 1 aromatic carbocycles. The second-order valence-electron chi connectivity index (χ2n) is 3.72. The third kappa shape index (κ3) is 7.65. The quantitative estimate of drug-likeness (QED) is 0.694. The summed E-state index contributed by atoms with van der Waals surface area (Å²) in [6.45, 7) is 2.16. The molecule has 1 rings (SSSR count). The molecule has 5 nitrogen and oxygen atoms in total. The highest BCUT2D eigenvalue weighted by Gasteiger charge is 1.98. The fourth-order valence-electron chi connectivity index (χ4n) is 1.25. The van der Waals surface area contributed by atoms with Gasteiger partial charge in [0.15, 0.2) is 0 Å². The van der Waals surface area contributed by atoms with Crippen molar-refractivity contribution >= 4 is 26.0 Å². The summed E-state index contributed by atoms with van der Waals surface area (Å²) in [5, 5.41) is 3.08. The van der Waals surface area contributed by atoms with Crippen LogP contribution < -0.4 is 14.8 Å². The number of rotatable bonds is 8. The fraction of sp³-hybridized carbons (Fsp3) is 0.455. The van der Waals surface area contributed by atoms with Gasteiger partial charge in [-0.1, -0.05) is 22.0 Å². The zero-order valence-corrected chi connectivity index (χ0v) is 12.6. The first kappa shape index (κ1) is 15.4. The van der Waals surface area contributed by atoms with Crippen molar-refractivity contribution in [2.45, 2.75) is 0 Å². The monoisotopic (exact) mass is 336 g/mol. The standard InChI is InChI=1S/C11H17BrN2O3S/c1-18(15,16)14-6-5-13-7-8-17-11-4-2-3-10(12)9-11/h2-4,9,13-14H,5-8H2,1H3. The number of hydrogen-bond donors (Lipinski definition) is 2. The van der Waals surface area contributed by atoms with Crippen LogP contribution in [0.2, 0.25) is 0 Å². The highest BCUT2D eigenvalue weighted by atomic mass is 79.9. The van der Waals surface area contributed by atoms with E-state index in [1.54, 1.807) is 0 Å². The Kier molecular flexibility index (Phi) is 6.62. The third-order valence-electron chi connectivity index (χ3n) is 2.01. The Bertz CT molecular complexity index is 465. The molecular formula is C11H17BrN2O3S. The molecular weight excluding hydrogens is 320 g/mol. The van der Waals surface area contributed by atoms with Crippen LogP contribution >= 0.6 is 15.9 Å². The van der Waals surface area contributed by atoms with Crippen LogP contribution in [0.4, 0.5) is 0 Å². The lowest BCUT2D eigenvalue weighted by Crippen LogP contribution is -2.32. The Morgan fingerprint density at radius 1 is 1.28 bits per heavy atom. The molecule has 0 saturated carbocycles. The lowest BCUT2D eigenvalue weighted by atomic mass is 10.3. The van der Waals surface area contributed by atoms with Gasteiger partial charge in [-0.2, -0.15) is 0 Å². The highest BCUT2D eigenvalue weighted by Crippen LogP contribution is 2.17. The smallest absolute Gasteiger partial charge is 0.208 e. The minimum Gasteiger partial charge on any atom is -0.492 e. The molecule has 0 fully saturated rings. The van der Waals surface area contributed by atoms with Crippen molar-refractivity contribution in [2.24, 2.45) is 0 Å². The molecule has 0 radical (unpaired) electrons. The van der Waals surface area contributed by atoms with Gasteiger partial charge in [0, 0.05) is 24.1 Å². The van der Waals surface area contributed by atoms with Gasteiger partial charge in [-0.25, -0.2) is 13.1 Å². The first-order chi connectivity index (χ1) is 8.47. The van der Waals surface area contributed by atoms with Gasteiger partial charge in [-0.3, -0.25) is 0 Å². The Labute approximate surface area is 116 Å². The van der Waals surface area contributed by atoms with Gasteiger partial charge in [-0.15, -0.1) is 0 Å². The topological polar surface area (TPSA) is 67.4 Å². The van der Waals surface area contributed by atoms with Crippen LogP contribution in [-0.4, -0.2) is 40.9 Å². The second-order valence-corrected chi connectivity index (χ2v) is 6.47. The molecule has 0 aromatic heterocycles. The predicted octanol–water partition coefficient (Wildman–Crippen LogP) is 0.967. The summed E-state index contributed by atoms with van der Waals surface area (Å²) in [6.07, 6.45) is 1.14. The van der Waals surface area contributed by atoms with Gasteiger partial charge in [0.25, 0.3) is 0 Å².